The second kappa shape index (κ2) is 7.42. The van der Waals surface area contributed by atoms with Crippen molar-refractivity contribution in [2.75, 3.05) is 7.11 Å². The van der Waals surface area contributed by atoms with Crippen molar-refractivity contribution in [2.45, 2.75) is 19.3 Å². The zero-order valence-electron chi connectivity index (χ0n) is 13.4. The molecule has 0 aliphatic heterocycles. The van der Waals surface area contributed by atoms with E-state index in [1.165, 1.54) is 18.3 Å². The van der Waals surface area contributed by atoms with E-state index in [9.17, 15) is 4.79 Å². The third kappa shape index (κ3) is 3.66. The highest BCUT2D eigenvalue weighted by atomic mass is 35.5. The number of hydrogen-bond donors (Lipinski definition) is 0. The smallest absolute Gasteiger partial charge is 0.309 e. The molecule has 1 unspecified atom stereocenters. The average Bonchev–Trinajstić information content (AvgIpc) is 2.62. The van der Waals surface area contributed by atoms with Crippen LogP contribution in [0.1, 0.15) is 30.4 Å². The van der Waals surface area contributed by atoms with Crippen LogP contribution in [0, 0.1) is 5.92 Å². The molecule has 0 radical (unpaired) electrons. The molecule has 2 aromatic carbocycles. The van der Waals surface area contributed by atoms with Crippen LogP contribution < -0.4 is 0 Å². The summed E-state index contributed by atoms with van der Waals surface area (Å²) < 4.78 is 4.95. The van der Waals surface area contributed by atoms with Crippen molar-refractivity contribution in [3.63, 3.8) is 0 Å². The van der Waals surface area contributed by atoms with Gasteiger partial charge in [-0.25, -0.2) is 0 Å². The fraction of sp³-hybridized carbons (Fsp3) is 0.250. The Morgan fingerprint density at radius 1 is 0.917 bits per heavy atom. The number of esters is 1. The SMILES string of the molecule is COC(=O)C1CCC(c2ccc(Cl)cc2)=C(c2ccc(Cl)cc2)C1. The third-order valence-electron chi connectivity index (χ3n) is 4.48. The second-order valence-electron chi connectivity index (χ2n) is 5.93. The van der Waals surface area contributed by atoms with Gasteiger partial charge in [0.1, 0.15) is 0 Å². The maximum atomic E-state index is 12.0. The van der Waals surface area contributed by atoms with E-state index in [1.54, 1.807) is 0 Å². The molecule has 1 atom stereocenters. The quantitative estimate of drug-likeness (QED) is 0.639. The van der Waals surface area contributed by atoms with Crippen molar-refractivity contribution < 1.29 is 9.53 Å². The van der Waals surface area contributed by atoms with Crippen molar-refractivity contribution in [1.29, 1.82) is 0 Å². The number of rotatable bonds is 3. The Morgan fingerprint density at radius 3 is 1.92 bits per heavy atom. The van der Waals surface area contributed by atoms with E-state index in [-0.39, 0.29) is 11.9 Å². The van der Waals surface area contributed by atoms with Crippen molar-refractivity contribution in [3.8, 4) is 0 Å². The van der Waals surface area contributed by atoms with Crippen LogP contribution >= 0.6 is 23.2 Å². The summed E-state index contributed by atoms with van der Waals surface area (Å²) in [7, 11) is 1.45. The highest BCUT2D eigenvalue weighted by Gasteiger charge is 2.28. The summed E-state index contributed by atoms with van der Waals surface area (Å²) in [5, 5.41) is 1.42. The maximum Gasteiger partial charge on any atom is 0.309 e. The fourth-order valence-electron chi connectivity index (χ4n) is 3.22. The molecule has 0 saturated heterocycles. The number of hydrogen-bond acceptors (Lipinski definition) is 2. The van der Waals surface area contributed by atoms with Gasteiger partial charge in [-0.1, -0.05) is 47.5 Å². The van der Waals surface area contributed by atoms with E-state index in [0.717, 1.165) is 29.0 Å². The molecule has 0 amide bonds. The molecule has 0 saturated carbocycles. The zero-order valence-corrected chi connectivity index (χ0v) is 14.9. The molecule has 0 N–H and O–H groups in total. The van der Waals surface area contributed by atoms with Gasteiger partial charge >= 0.3 is 5.97 Å². The predicted octanol–water partition coefficient (Wildman–Crippen LogP) is 5.88. The maximum absolute atomic E-state index is 12.0. The van der Waals surface area contributed by atoms with E-state index in [4.69, 9.17) is 27.9 Å². The lowest BCUT2D eigenvalue weighted by Gasteiger charge is -2.26. The third-order valence-corrected chi connectivity index (χ3v) is 4.98. The van der Waals surface area contributed by atoms with Crippen LogP contribution in [0.3, 0.4) is 0 Å². The summed E-state index contributed by atoms with van der Waals surface area (Å²) in [6, 6.07) is 15.6. The van der Waals surface area contributed by atoms with Crippen LogP contribution in [0.25, 0.3) is 11.1 Å². The minimum absolute atomic E-state index is 0.100. The summed E-state index contributed by atoms with van der Waals surface area (Å²) in [6.45, 7) is 0. The number of carbonyl (C=O) groups is 1. The number of allylic oxidation sites excluding steroid dienone is 2. The van der Waals surface area contributed by atoms with Gasteiger partial charge in [-0.15, -0.1) is 0 Å². The van der Waals surface area contributed by atoms with Crippen molar-refractivity contribution >= 4 is 40.3 Å². The Hall–Kier alpha value is -1.77. The van der Waals surface area contributed by atoms with Gasteiger partial charge in [0.2, 0.25) is 0 Å². The summed E-state index contributed by atoms with van der Waals surface area (Å²) in [6.07, 6.45) is 2.30. The van der Waals surface area contributed by atoms with E-state index >= 15 is 0 Å². The lowest BCUT2D eigenvalue weighted by molar-refractivity contribution is -0.145. The molecule has 0 spiro atoms. The van der Waals surface area contributed by atoms with Gasteiger partial charge in [-0.3, -0.25) is 4.79 Å². The zero-order chi connectivity index (χ0) is 17.1. The van der Waals surface area contributed by atoms with Crippen LogP contribution in [0.5, 0.6) is 0 Å². The highest BCUT2D eigenvalue weighted by molar-refractivity contribution is 6.31. The van der Waals surface area contributed by atoms with Gasteiger partial charge in [0.25, 0.3) is 0 Å². The van der Waals surface area contributed by atoms with Gasteiger partial charge in [-0.05, 0) is 65.8 Å². The second-order valence-corrected chi connectivity index (χ2v) is 6.81. The number of benzene rings is 2. The minimum Gasteiger partial charge on any atom is -0.469 e. The van der Waals surface area contributed by atoms with E-state index < -0.39 is 0 Å². The van der Waals surface area contributed by atoms with Gasteiger partial charge in [0, 0.05) is 10.0 Å². The standard InChI is InChI=1S/C20H18Cl2O2/c1-24-20(23)15-6-11-18(13-2-7-16(21)8-3-13)19(12-15)14-4-9-17(22)10-5-14/h2-5,7-10,15H,6,11-12H2,1H3. The van der Waals surface area contributed by atoms with Crippen LogP contribution in [-0.2, 0) is 9.53 Å². The number of halogens is 2. The van der Waals surface area contributed by atoms with Gasteiger partial charge in [-0.2, -0.15) is 0 Å². The first kappa shape index (κ1) is 17.1. The van der Waals surface area contributed by atoms with E-state index in [2.05, 4.69) is 0 Å². The predicted molar refractivity (Wildman–Crippen MR) is 99.1 cm³/mol. The number of methoxy groups -OCH3 is 1. The molecule has 2 nitrogen and oxygen atoms in total. The molecule has 1 aliphatic rings. The summed E-state index contributed by atoms with van der Waals surface area (Å²) in [5.41, 5.74) is 4.68. The summed E-state index contributed by atoms with van der Waals surface area (Å²) in [5.74, 6) is -0.242. The molecule has 0 aromatic heterocycles. The van der Waals surface area contributed by atoms with Gasteiger partial charge in [0.05, 0.1) is 13.0 Å². The fourth-order valence-corrected chi connectivity index (χ4v) is 3.47. The Balaban J connectivity index is 2.05. The summed E-state index contributed by atoms with van der Waals surface area (Å²) >= 11 is 12.0. The Morgan fingerprint density at radius 2 is 1.42 bits per heavy atom. The Kier molecular flexibility index (Phi) is 5.27. The topological polar surface area (TPSA) is 26.3 Å². The molecule has 2 aromatic rings. The number of carbonyl (C=O) groups excluding carboxylic acids is 1. The molecule has 24 heavy (non-hydrogen) atoms. The molecule has 3 rings (SSSR count). The molecular weight excluding hydrogens is 343 g/mol. The van der Waals surface area contributed by atoms with E-state index in [0.29, 0.717) is 11.4 Å². The lowest BCUT2D eigenvalue weighted by atomic mass is 9.78. The van der Waals surface area contributed by atoms with Crippen LogP contribution in [0.15, 0.2) is 48.5 Å². The molecule has 0 bridgehead atoms. The first-order valence-corrected chi connectivity index (χ1v) is 8.66. The average molecular weight is 361 g/mol. The first-order valence-electron chi connectivity index (χ1n) is 7.90. The largest absolute Gasteiger partial charge is 0.469 e. The Labute approximate surface area is 152 Å². The molecule has 0 heterocycles. The molecule has 4 heteroatoms. The first-order chi connectivity index (χ1) is 11.6. The minimum atomic E-state index is -0.142. The van der Waals surface area contributed by atoms with Crippen LogP contribution in [0.2, 0.25) is 10.0 Å². The van der Waals surface area contributed by atoms with E-state index in [1.807, 2.05) is 48.5 Å². The van der Waals surface area contributed by atoms with Gasteiger partial charge < -0.3 is 4.74 Å². The van der Waals surface area contributed by atoms with Gasteiger partial charge in [0.15, 0.2) is 0 Å². The van der Waals surface area contributed by atoms with Crippen LogP contribution in [0.4, 0.5) is 0 Å². The molecule has 124 valence electrons. The molecule has 0 fully saturated rings. The molecular formula is C20H18Cl2O2. The van der Waals surface area contributed by atoms with Crippen molar-refractivity contribution in [3.05, 3.63) is 69.7 Å². The normalized spacial score (nSPS) is 17.7. The van der Waals surface area contributed by atoms with Crippen molar-refractivity contribution in [2.24, 2.45) is 5.92 Å². The monoisotopic (exact) mass is 360 g/mol. The molecule has 1 aliphatic carbocycles. The number of ether oxygens (including phenoxy) is 1. The lowest BCUT2D eigenvalue weighted by Crippen LogP contribution is -2.20. The Bertz CT molecular complexity index is 761. The summed E-state index contributed by atoms with van der Waals surface area (Å²) in [4.78, 5) is 12.0. The van der Waals surface area contributed by atoms with Crippen LogP contribution in [-0.4, -0.2) is 13.1 Å². The highest BCUT2D eigenvalue weighted by Crippen LogP contribution is 2.41. The van der Waals surface area contributed by atoms with Crippen molar-refractivity contribution in [1.82, 2.24) is 0 Å².